The van der Waals surface area contributed by atoms with Crippen LogP contribution in [0.3, 0.4) is 0 Å². The number of carbonyl (C=O) groups is 1. The lowest BCUT2D eigenvalue weighted by Gasteiger charge is -1.83. The van der Waals surface area contributed by atoms with E-state index in [4.69, 9.17) is 5.11 Å². The monoisotopic (exact) mass is 171 g/mol. The molecule has 66 valence electrons. The SMILES string of the molecule is CC.O=Nc1cn[nH]c1C(=O)O. The Kier molecular flexibility index (Phi) is 4.28. The summed E-state index contributed by atoms with van der Waals surface area (Å²) >= 11 is 0. The van der Waals surface area contributed by atoms with Crippen molar-refractivity contribution in [3.05, 3.63) is 16.8 Å². The van der Waals surface area contributed by atoms with Gasteiger partial charge in [-0.25, -0.2) is 4.79 Å². The minimum Gasteiger partial charge on any atom is -0.476 e. The van der Waals surface area contributed by atoms with Crippen molar-refractivity contribution in [1.82, 2.24) is 10.2 Å². The number of nitroso groups, excluding NO2 is 1. The van der Waals surface area contributed by atoms with Gasteiger partial charge in [0.2, 0.25) is 0 Å². The van der Waals surface area contributed by atoms with Crippen LogP contribution in [0.15, 0.2) is 11.4 Å². The van der Waals surface area contributed by atoms with Gasteiger partial charge in [0.25, 0.3) is 0 Å². The summed E-state index contributed by atoms with van der Waals surface area (Å²) in [6.45, 7) is 4.00. The molecular weight excluding hydrogens is 162 g/mol. The molecule has 0 fully saturated rings. The van der Waals surface area contributed by atoms with E-state index in [-0.39, 0.29) is 11.4 Å². The molecule has 0 aromatic carbocycles. The third-order valence-corrected chi connectivity index (χ3v) is 0.932. The Balaban J connectivity index is 0.000000561. The second-order valence-corrected chi connectivity index (χ2v) is 1.53. The molecule has 0 spiro atoms. The highest BCUT2D eigenvalue weighted by Crippen LogP contribution is 2.13. The number of aromatic amines is 1. The maximum absolute atomic E-state index is 10.2. The van der Waals surface area contributed by atoms with Gasteiger partial charge in [-0.05, 0) is 5.18 Å². The van der Waals surface area contributed by atoms with Crippen LogP contribution < -0.4 is 0 Å². The zero-order valence-electron chi connectivity index (χ0n) is 6.74. The molecule has 0 aliphatic rings. The molecule has 0 aliphatic heterocycles. The van der Waals surface area contributed by atoms with E-state index in [2.05, 4.69) is 15.4 Å². The molecule has 1 aromatic rings. The van der Waals surface area contributed by atoms with Gasteiger partial charge in [0.1, 0.15) is 0 Å². The molecule has 6 heteroatoms. The Morgan fingerprint density at radius 3 is 2.58 bits per heavy atom. The fourth-order valence-corrected chi connectivity index (χ4v) is 0.506. The summed E-state index contributed by atoms with van der Waals surface area (Å²) in [5.41, 5.74) is -0.470. The molecule has 0 amide bonds. The molecule has 2 N–H and O–H groups in total. The normalized spacial score (nSPS) is 8.17. The Hall–Kier alpha value is -1.72. The number of aromatic carboxylic acids is 1. The lowest BCUT2D eigenvalue weighted by atomic mass is 10.4. The predicted octanol–water partition coefficient (Wildman–Crippen LogP) is 1.53. The molecule has 0 saturated carbocycles. The van der Waals surface area contributed by atoms with Gasteiger partial charge < -0.3 is 5.11 Å². The molecule has 1 aromatic heterocycles. The van der Waals surface area contributed by atoms with E-state index in [1.165, 1.54) is 0 Å². The number of aromatic nitrogens is 2. The number of carboxylic acids is 1. The average Bonchev–Trinajstić information content (AvgIpc) is 2.55. The number of rotatable bonds is 2. The average molecular weight is 171 g/mol. The van der Waals surface area contributed by atoms with Crippen molar-refractivity contribution in [1.29, 1.82) is 0 Å². The van der Waals surface area contributed by atoms with Crippen molar-refractivity contribution < 1.29 is 9.90 Å². The van der Waals surface area contributed by atoms with Gasteiger partial charge in [-0.1, -0.05) is 13.8 Å². The van der Waals surface area contributed by atoms with E-state index in [1.54, 1.807) is 0 Å². The number of hydrogen-bond donors (Lipinski definition) is 2. The second-order valence-electron chi connectivity index (χ2n) is 1.53. The third kappa shape index (κ3) is 2.15. The first kappa shape index (κ1) is 10.3. The van der Waals surface area contributed by atoms with E-state index < -0.39 is 5.97 Å². The lowest BCUT2D eigenvalue weighted by Crippen LogP contribution is -1.96. The van der Waals surface area contributed by atoms with Crippen LogP contribution in [-0.4, -0.2) is 21.3 Å². The van der Waals surface area contributed by atoms with Crippen molar-refractivity contribution in [2.75, 3.05) is 0 Å². The number of H-pyrrole nitrogens is 1. The number of nitrogens with zero attached hydrogens (tertiary/aromatic N) is 2. The summed E-state index contributed by atoms with van der Waals surface area (Å²) in [6, 6.07) is 0. The summed E-state index contributed by atoms with van der Waals surface area (Å²) < 4.78 is 0. The van der Waals surface area contributed by atoms with Crippen LogP contribution in [0.1, 0.15) is 24.3 Å². The van der Waals surface area contributed by atoms with Crippen LogP contribution >= 0.6 is 0 Å². The van der Waals surface area contributed by atoms with Gasteiger partial charge in [-0.2, -0.15) is 5.10 Å². The highest BCUT2D eigenvalue weighted by Gasteiger charge is 2.11. The van der Waals surface area contributed by atoms with Gasteiger partial charge in [-0.15, -0.1) is 4.91 Å². The third-order valence-electron chi connectivity index (χ3n) is 0.932. The Labute approximate surface area is 68.6 Å². The zero-order valence-corrected chi connectivity index (χ0v) is 6.74. The topological polar surface area (TPSA) is 95.4 Å². The second kappa shape index (κ2) is 5.00. The molecule has 12 heavy (non-hydrogen) atoms. The van der Waals surface area contributed by atoms with Crippen LogP contribution in [-0.2, 0) is 0 Å². The summed E-state index contributed by atoms with van der Waals surface area (Å²) in [5.74, 6) is -1.24. The zero-order chi connectivity index (χ0) is 9.56. The van der Waals surface area contributed by atoms with Crippen molar-refractivity contribution in [3.8, 4) is 0 Å². The van der Waals surface area contributed by atoms with Crippen LogP contribution in [0.25, 0.3) is 0 Å². The standard InChI is InChI=1S/C4H3N3O3.C2H6/c8-4(9)3-2(7-10)1-5-6-3;1-2/h1H,(H,5,6)(H,8,9);1-2H3. The van der Waals surface area contributed by atoms with Crippen molar-refractivity contribution in [2.45, 2.75) is 13.8 Å². The maximum atomic E-state index is 10.2. The van der Waals surface area contributed by atoms with E-state index >= 15 is 0 Å². The molecular formula is C6H9N3O3. The van der Waals surface area contributed by atoms with Gasteiger partial charge in [0, 0.05) is 0 Å². The van der Waals surface area contributed by atoms with E-state index in [0.29, 0.717) is 0 Å². The van der Waals surface area contributed by atoms with Gasteiger partial charge in [0.15, 0.2) is 11.4 Å². The Bertz CT molecular complexity index is 269. The van der Waals surface area contributed by atoms with Gasteiger partial charge in [0.05, 0.1) is 6.20 Å². The van der Waals surface area contributed by atoms with Crippen molar-refractivity contribution in [3.63, 3.8) is 0 Å². The smallest absolute Gasteiger partial charge is 0.356 e. The molecule has 0 unspecified atom stereocenters. The predicted molar refractivity (Wildman–Crippen MR) is 42.4 cm³/mol. The van der Waals surface area contributed by atoms with Gasteiger partial charge in [-0.3, -0.25) is 5.10 Å². The van der Waals surface area contributed by atoms with E-state index in [9.17, 15) is 9.70 Å². The first-order valence-electron chi connectivity index (χ1n) is 3.35. The van der Waals surface area contributed by atoms with Crippen LogP contribution in [0.4, 0.5) is 5.69 Å². The van der Waals surface area contributed by atoms with Crippen molar-refractivity contribution in [2.24, 2.45) is 5.18 Å². The minimum atomic E-state index is -1.24. The summed E-state index contributed by atoms with van der Waals surface area (Å²) in [5, 5.41) is 16.2. The van der Waals surface area contributed by atoms with E-state index in [1.807, 2.05) is 13.8 Å². The Morgan fingerprint density at radius 2 is 2.25 bits per heavy atom. The molecule has 0 saturated heterocycles. The Morgan fingerprint density at radius 1 is 1.67 bits per heavy atom. The summed E-state index contributed by atoms with van der Waals surface area (Å²) in [7, 11) is 0. The fourth-order valence-electron chi connectivity index (χ4n) is 0.506. The quantitative estimate of drug-likeness (QED) is 0.659. The summed E-state index contributed by atoms with van der Waals surface area (Å²) in [6.07, 6.45) is 1.05. The molecule has 0 radical (unpaired) electrons. The minimum absolute atomic E-state index is 0.187. The highest BCUT2D eigenvalue weighted by atomic mass is 16.4. The van der Waals surface area contributed by atoms with Crippen LogP contribution in [0, 0.1) is 4.91 Å². The van der Waals surface area contributed by atoms with Crippen LogP contribution in [0.2, 0.25) is 0 Å². The van der Waals surface area contributed by atoms with Crippen molar-refractivity contribution >= 4 is 11.7 Å². The molecule has 0 aliphatic carbocycles. The van der Waals surface area contributed by atoms with Gasteiger partial charge >= 0.3 is 5.97 Å². The highest BCUT2D eigenvalue weighted by molar-refractivity contribution is 5.90. The number of nitrogens with one attached hydrogen (secondary N) is 1. The van der Waals surface area contributed by atoms with Crippen LogP contribution in [0.5, 0.6) is 0 Å². The molecule has 0 bridgehead atoms. The summed E-state index contributed by atoms with van der Waals surface area (Å²) in [4.78, 5) is 20.0. The maximum Gasteiger partial charge on any atom is 0.356 e. The largest absolute Gasteiger partial charge is 0.476 e. The van der Waals surface area contributed by atoms with E-state index in [0.717, 1.165) is 6.20 Å². The lowest BCUT2D eigenvalue weighted by molar-refractivity contribution is 0.0691. The molecule has 6 nitrogen and oxygen atoms in total. The molecule has 1 rings (SSSR count). The molecule has 0 atom stereocenters. The number of carboxylic acid groups (broad SMARTS) is 1. The first-order chi connectivity index (χ1) is 5.75. The molecule has 1 heterocycles. The number of hydrogen-bond acceptors (Lipinski definition) is 4. The first-order valence-corrected chi connectivity index (χ1v) is 3.35. The fraction of sp³-hybridized carbons (Fsp3) is 0.333.